The summed E-state index contributed by atoms with van der Waals surface area (Å²) in [6.07, 6.45) is 1.69. The summed E-state index contributed by atoms with van der Waals surface area (Å²) in [5.74, 6) is 1.29. The Kier molecular flexibility index (Phi) is 5.38. The lowest BCUT2D eigenvalue weighted by Gasteiger charge is -2.06. The molecule has 0 saturated heterocycles. The normalized spacial score (nSPS) is 14.4. The average Bonchev–Trinajstić information content (AvgIpc) is 3.14. The van der Waals surface area contributed by atoms with E-state index in [-0.39, 0.29) is 11.6 Å². The quantitative estimate of drug-likeness (QED) is 0.459. The van der Waals surface area contributed by atoms with Crippen LogP contribution in [-0.4, -0.2) is 19.0 Å². The molecule has 0 amide bonds. The Balaban J connectivity index is 1.45. The highest BCUT2D eigenvalue weighted by Gasteiger charge is 2.24. The molecule has 3 aromatic carbocycles. The van der Waals surface area contributed by atoms with Gasteiger partial charge in [0.25, 0.3) is 0 Å². The zero-order chi connectivity index (χ0) is 20.1. The smallest absolute Gasteiger partial charge is 0.363 e. The van der Waals surface area contributed by atoms with Gasteiger partial charge in [-0.1, -0.05) is 42.5 Å². The molecule has 0 aliphatic carbocycles. The van der Waals surface area contributed by atoms with Crippen molar-refractivity contribution in [2.24, 2.45) is 4.99 Å². The van der Waals surface area contributed by atoms with Crippen LogP contribution in [0.4, 0.5) is 0 Å². The first kappa shape index (κ1) is 18.5. The van der Waals surface area contributed by atoms with Crippen LogP contribution in [0, 0.1) is 0 Å². The number of benzene rings is 3. The molecule has 0 fully saturated rings. The van der Waals surface area contributed by atoms with Crippen LogP contribution in [0.5, 0.6) is 11.5 Å². The number of cyclic esters (lactones) is 1. The Morgan fingerprint density at radius 2 is 1.59 bits per heavy atom. The van der Waals surface area contributed by atoms with E-state index in [1.807, 2.05) is 54.6 Å². The fourth-order valence-corrected chi connectivity index (χ4v) is 2.83. The number of nitrogens with zero attached hydrogens (tertiary/aromatic N) is 1. The van der Waals surface area contributed by atoms with Gasteiger partial charge in [0.1, 0.15) is 18.1 Å². The number of rotatable bonds is 6. The minimum atomic E-state index is -0.472. The highest BCUT2D eigenvalue weighted by Crippen LogP contribution is 2.22. The third-order valence-electron chi connectivity index (χ3n) is 4.39. The molecule has 0 spiro atoms. The molecule has 0 radical (unpaired) electrons. The number of hydrogen-bond donors (Lipinski definition) is 0. The molecular weight excluding hydrogens is 366 g/mol. The zero-order valence-corrected chi connectivity index (χ0v) is 15.9. The van der Waals surface area contributed by atoms with E-state index in [1.54, 1.807) is 37.5 Å². The molecular formula is C24H19NO4. The van der Waals surface area contributed by atoms with Gasteiger partial charge in [0.2, 0.25) is 5.90 Å². The Morgan fingerprint density at radius 1 is 0.897 bits per heavy atom. The second kappa shape index (κ2) is 8.44. The van der Waals surface area contributed by atoms with Crippen LogP contribution in [-0.2, 0) is 16.1 Å². The van der Waals surface area contributed by atoms with Crippen LogP contribution < -0.4 is 9.47 Å². The highest BCUT2D eigenvalue weighted by atomic mass is 16.6. The molecule has 5 nitrogen and oxygen atoms in total. The zero-order valence-electron chi connectivity index (χ0n) is 15.9. The highest BCUT2D eigenvalue weighted by molar-refractivity contribution is 6.12. The lowest BCUT2D eigenvalue weighted by molar-refractivity contribution is -0.129. The summed E-state index contributed by atoms with van der Waals surface area (Å²) in [7, 11) is 1.60. The Hall–Kier alpha value is -3.86. The lowest BCUT2D eigenvalue weighted by Crippen LogP contribution is -2.05. The summed E-state index contributed by atoms with van der Waals surface area (Å²) in [5.41, 5.74) is 2.91. The van der Waals surface area contributed by atoms with Gasteiger partial charge in [-0.25, -0.2) is 9.79 Å². The van der Waals surface area contributed by atoms with Gasteiger partial charge < -0.3 is 14.2 Å². The molecule has 0 unspecified atom stereocenters. The summed E-state index contributed by atoms with van der Waals surface area (Å²) >= 11 is 0. The largest absolute Gasteiger partial charge is 0.497 e. The van der Waals surface area contributed by atoms with E-state index in [4.69, 9.17) is 14.2 Å². The summed E-state index contributed by atoms with van der Waals surface area (Å²) in [5, 5.41) is 0. The second-order valence-electron chi connectivity index (χ2n) is 6.41. The molecule has 1 aliphatic heterocycles. The van der Waals surface area contributed by atoms with Crippen molar-refractivity contribution in [3.8, 4) is 11.5 Å². The van der Waals surface area contributed by atoms with E-state index in [0.717, 1.165) is 22.6 Å². The first-order chi connectivity index (χ1) is 14.2. The van der Waals surface area contributed by atoms with Gasteiger partial charge in [-0.05, 0) is 53.6 Å². The minimum Gasteiger partial charge on any atom is -0.497 e. The Morgan fingerprint density at radius 3 is 2.28 bits per heavy atom. The van der Waals surface area contributed by atoms with Gasteiger partial charge in [0.15, 0.2) is 5.70 Å². The monoisotopic (exact) mass is 385 g/mol. The maximum atomic E-state index is 12.2. The van der Waals surface area contributed by atoms with Crippen molar-refractivity contribution in [3.63, 3.8) is 0 Å². The molecule has 4 rings (SSSR count). The maximum absolute atomic E-state index is 12.2. The molecule has 3 aromatic rings. The van der Waals surface area contributed by atoms with E-state index >= 15 is 0 Å². The van der Waals surface area contributed by atoms with Crippen LogP contribution in [0.15, 0.2) is 89.6 Å². The van der Waals surface area contributed by atoms with Crippen molar-refractivity contribution in [3.05, 3.63) is 101 Å². The van der Waals surface area contributed by atoms with Crippen LogP contribution in [0.2, 0.25) is 0 Å². The number of ether oxygens (including phenoxy) is 3. The molecule has 0 saturated carbocycles. The van der Waals surface area contributed by atoms with E-state index < -0.39 is 5.97 Å². The fraction of sp³-hybridized carbons (Fsp3) is 0.0833. The summed E-state index contributed by atoms with van der Waals surface area (Å²) < 4.78 is 16.2. The first-order valence-corrected chi connectivity index (χ1v) is 9.15. The van der Waals surface area contributed by atoms with Gasteiger partial charge in [-0.2, -0.15) is 0 Å². The van der Waals surface area contributed by atoms with Gasteiger partial charge in [0, 0.05) is 5.56 Å². The second-order valence-corrected chi connectivity index (χ2v) is 6.41. The van der Waals surface area contributed by atoms with Crippen molar-refractivity contribution < 1.29 is 19.0 Å². The van der Waals surface area contributed by atoms with Crippen LogP contribution in [0.3, 0.4) is 0 Å². The number of esters is 1. The average molecular weight is 385 g/mol. The number of methoxy groups -OCH3 is 1. The third kappa shape index (κ3) is 4.52. The van der Waals surface area contributed by atoms with Gasteiger partial charge in [-0.3, -0.25) is 0 Å². The molecule has 1 aliphatic rings. The number of hydrogen-bond acceptors (Lipinski definition) is 5. The molecule has 1 heterocycles. The summed E-state index contributed by atoms with van der Waals surface area (Å²) in [6, 6.07) is 24.6. The van der Waals surface area contributed by atoms with Crippen molar-refractivity contribution in [1.29, 1.82) is 0 Å². The molecule has 0 N–H and O–H groups in total. The third-order valence-corrected chi connectivity index (χ3v) is 4.39. The molecule has 0 bridgehead atoms. The molecule has 0 aromatic heterocycles. The summed E-state index contributed by atoms with van der Waals surface area (Å²) in [4.78, 5) is 16.5. The molecule has 29 heavy (non-hydrogen) atoms. The van der Waals surface area contributed by atoms with Crippen LogP contribution >= 0.6 is 0 Å². The lowest BCUT2D eigenvalue weighted by atomic mass is 10.2. The topological polar surface area (TPSA) is 57.1 Å². The van der Waals surface area contributed by atoms with Crippen molar-refractivity contribution in [2.45, 2.75) is 6.61 Å². The molecule has 5 heteroatoms. The molecule has 0 atom stereocenters. The summed E-state index contributed by atoms with van der Waals surface area (Å²) in [6.45, 7) is 0.503. The fourth-order valence-electron chi connectivity index (χ4n) is 2.83. The van der Waals surface area contributed by atoms with E-state index in [0.29, 0.717) is 12.2 Å². The Bertz CT molecular complexity index is 1050. The standard InChI is InChI=1S/C24H19NO4/c1-27-20-13-9-19(10-14-20)23-25-22(24(26)29-23)15-17-7-11-21(12-8-17)28-16-18-5-3-2-4-6-18/h2-15H,16H2,1H3/b22-15+. The maximum Gasteiger partial charge on any atom is 0.363 e. The van der Waals surface area contributed by atoms with Gasteiger partial charge >= 0.3 is 5.97 Å². The van der Waals surface area contributed by atoms with Crippen LogP contribution in [0.1, 0.15) is 16.7 Å². The van der Waals surface area contributed by atoms with E-state index in [9.17, 15) is 4.79 Å². The van der Waals surface area contributed by atoms with Crippen LogP contribution in [0.25, 0.3) is 6.08 Å². The number of carbonyl (C=O) groups is 1. The van der Waals surface area contributed by atoms with Crippen molar-refractivity contribution >= 4 is 17.9 Å². The van der Waals surface area contributed by atoms with Gasteiger partial charge in [-0.15, -0.1) is 0 Å². The number of carbonyl (C=O) groups excluding carboxylic acids is 1. The SMILES string of the molecule is COc1ccc(C2=N/C(=C/c3ccc(OCc4ccccc4)cc3)C(=O)O2)cc1. The minimum absolute atomic E-state index is 0.258. The van der Waals surface area contributed by atoms with E-state index in [2.05, 4.69) is 4.99 Å². The predicted molar refractivity (Wildman–Crippen MR) is 111 cm³/mol. The number of aliphatic imine (C=N–C) groups is 1. The first-order valence-electron chi connectivity index (χ1n) is 9.15. The van der Waals surface area contributed by atoms with Gasteiger partial charge in [0.05, 0.1) is 7.11 Å². The predicted octanol–water partition coefficient (Wildman–Crippen LogP) is 4.62. The molecule has 144 valence electrons. The van der Waals surface area contributed by atoms with Crippen molar-refractivity contribution in [1.82, 2.24) is 0 Å². The Labute approximate surface area is 168 Å². The van der Waals surface area contributed by atoms with Crippen molar-refractivity contribution in [2.75, 3.05) is 7.11 Å². The van der Waals surface area contributed by atoms with E-state index in [1.165, 1.54) is 0 Å².